The van der Waals surface area contributed by atoms with Crippen LogP contribution >= 0.6 is 0 Å². The van der Waals surface area contributed by atoms with Gasteiger partial charge in [-0.1, -0.05) is 12.1 Å². The van der Waals surface area contributed by atoms with Gasteiger partial charge in [0.1, 0.15) is 11.9 Å². The van der Waals surface area contributed by atoms with Crippen LogP contribution in [0, 0.1) is 5.92 Å². The summed E-state index contributed by atoms with van der Waals surface area (Å²) in [7, 11) is 1.44. The summed E-state index contributed by atoms with van der Waals surface area (Å²) in [6, 6.07) is 15.8. The Morgan fingerprint density at radius 2 is 1.76 bits per heavy atom. The highest BCUT2D eigenvalue weighted by atomic mass is 16.5. The van der Waals surface area contributed by atoms with E-state index in [-0.39, 0.29) is 12.1 Å². The maximum absolute atomic E-state index is 11.5. The van der Waals surface area contributed by atoms with Gasteiger partial charge in [-0.2, -0.15) is 0 Å². The Bertz CT molecular complexity index is 1190. The van der Waals surface area contributed by atoms with Gasteiger partial charge in [-0.25, -0.2) is 9.97 Å². The van der Waals surface area contributed by atoms with Crippen LogP contribution in [0.15, 0.2) is 60.9 Å². The molecule has 0 aliphatic heterocycles. The highest BCUT2D eigenvalue weighted by molar-refractivity contribution is 5.79. The van der Waals surface area contributed by atoms with Crippen LogP contribution in [0.4, 0.5) is 0 Å². The van der Waals surface area contributed by atoms with E-state index in [1.54, 1.807) is 6.20 Å². The monoisotopic (exact) mass is 442 g/mol. The third-order valence-corrected chi connectivity index (χ3v) is 6.22. The summed E-state index contributed by atoms with van der Waals surface area (Å²) in [5, 5.41) is 0. The number of rotatable bonds is 6. The zero-order valence-corrected chi connectivity index (χ0v) is 18.5. The molecule has 0 unspecified atom stereocenters. The number of fused-ring (bicyclic) bond motifs is 1. The summed E-state index contributed by atoms with van der Waals surface area (Å²) in [6.07, 6.45) is 8.05. The Morgan fingerprint density at radius 3 is 2.45 bits per heavy atom. The fraction of sp³-hybridized carbons (Fsp3) is 0.308. The summed E-state index contributed by atoms with van der Waals surface area (Å²) in [5.74, 6) is 1.68. The second-order valence-corrected chi connectivity index (χ2v) is 8.46. The predicted molar refractivity (Wildman–Crippen MR) is 126 cm³/mol. The Kier molecular flexibility index (Phi) is 6.02. The minimum atomic E-state index is -0.129. The fourth-order valence-electron chi connectivity index (χ4n) is 4.34. The van der Waals surface area contributed by atoms with Crippen molar-refractivity contribution in [1.29, 1.82) is 0 Å². The smallest absolute Gasteiger partial charge is 0.305 e. The molecule has 7 nitrogen and oxygen atoms in total. The van der Waals surface area contributed by atoms with Crippen molar-refractivity contribution in [2.45, 2.75) is 38.2 Å². The van der Waals surface area contributed by atoms with Crippen LogP contribution in [0.5, 0.6) is 5.88 Å². The van der Waals surface area contributed by atoms with E-state index in [9.17, 15) is 4.79 Å². The fourth-order valence-corrected chi connectivity index (χ4v) is 4.34. The number of methoxy groups -OCH3 is 1. The van der Waals surface area contributed by atoms with Gasteiger partial charge < -0.3 is 14.5 Å². The van der Waals surface area contributed by atoms with Crippen LogP contribution in [0.1, 0.15) is 32.1 Å². The van der Waals surface area contributed by atoms with E-state index in [2.05, 4.69) is 19.9 Å². The minimum Gasteiger partial charge on any atom is -0.474 e. The number of hydrogen-bond acceptors (Lipinski definition) is 6. The molecule has 0 saturated heterocycles. The molecule has 3 heterocycles. The Morgan fingerprint density at radius 1 is 0.970 bits per heavy atom. The van der Waals surface area contributed by atoms with E-state index in [4.69, 9.17) is 9.47 Å². The molecule has 0 bridgehead atoms. The first-order valence-electron chi connectivity index (χ1n) is 11.3. The van der Waals surface area contributed by atoms with Crippen molar-refractivity contribution in [3.63, 3.8) is 0 Å². The average Bonchev–Trinajstić information content (AvgIpc) is 3.30. The van der Waals surface area contributed by atoms with Crippen molar-refractivity contribution in [3.8, 4) is 28.5 Å². The van der Waals surface area contributed by atoms with Crippen molar-refractivity contribution in [1.82, 2.24) is 19.9 Å². The number of para-hydroxylation sites is 2. The van der Waals surface area contributed by atoms with Gasteiger partial charge in [0.05, 0.1) is 23.8 Å². The number of nitrogens with one attached hydrogen (secondary N) is 1. The summed E-state index contributed by atoms with van der Waals surface area (Å²) in [4.78, 5) is 28.5. The summed E-state index contributed by atoms with van der Waals surface area (Å²) >= 11 is 0. The molecule has 0 spiro atoms. The van der Waals surface area contributed by atoms with Crippen molar-refractivity contribution in [3.05, 3.63) is 60.9 Å². The SMILES string of the molecule is COC(=O)C[C@H]1CC[C@H](Oc2ccc(-c3ccc(-c4nc5ccccc5[nH]4)cn3)cn2)CC1. The maximum atomic E-state index is 11.5. The highest BCUT2D eigenvalue weighted by Gasteiger charge is 2.24. The van der Waals surface area contributed by atoms with Gasteiger partial charge in [-0.15, -0.1) is 0 Å². The Labute approximate surface area is 192 Å². The molecule has 7 heteroatoms. The molecule has 168 valence electrons. The van der Waals surface area contributed by atoms with Gasteiger partial charge in [-0.05, 0) is 61.9 Å². The third kappa shape index (κ3) is 4.87. The molecule has 0 radical (unpaired) electrons. The van der Waals surface area contributed by atoms with E-state index < -0.39 is 0 Å². The molecule has 4 aromatic rings. The molecule has 1 aliphatic rings. The number of aromatic nitrogens is 4. The number of ether oxygens (including phenoxy) is 2. The van der Waals surface area contributed by atoms with Gasteiger partial charge in [0, 0.05) is 36.0 Å². The number of H-pyrrole nitrogens is 1. The molecule has 5 rings (SSSR count). The van der Waals surface area contributed by atoms with Gasteiger partial charge >= 0.3 is 5.97 Å². The van der Waals surface area contributed by atoms with Crippen molar-refractivity contribution in [2.75, 3.05) is 7.11 Å². The molecule has 1 fully saturated rings. The number of aromatic amines is 1. The van der Waals surface area contributed by atoms with Crippen molar-refractivity contribution >= 4 is 17.0 Å². The zero-order valence-electron chi connectivity index (χ0n) is 18.5. The summed E-state index contributed by atoms with van der Waals surface area (Å²) < 4.78 is 10.8. The van der Waals surface area contributed by atoms with E-state index >= 15 is 0 Å². The summed E-state index contributed by atoms with van der Waals surface area (Å²) in [5.41, 5.74) is 4.66. The van der Waals surface area contributed by atoms with Gasteiger partial charge in [0.15, 0.2) is 0 Å². The van der Waals surface area contributed by atoms with Gasteiger partial charge in [0.25, 0.3) is 0 Å². The van der Waals surface area contributed by atoms with Crippen LogP contribution in [0.2, 0.25) is 0 Å². The van der Waals surface area contributed by atoms with Gasteiger partial charge in [0.2, 0.25) is 5.88 Å². The lowest BCUT2D eigenvalue weighted by atomic mass is 9.85. The number of benzene rings is 1. The lowest BCUT2D eigenvalue weighted by molar-refractivity contribution is -0.142. The number of imidazole rings is 1. The molecule has 0 atom stereocenters. The first kappa shape index (κ1) is 21.1. The van der Waals surface area contributed by atoms with E-state index in [1.807, 2.05) is 54.7 Å². The zero-order chi connectivity index (χ0) is 22.6. The number of carbonyl (C=O) groups is 1. The van der Waals surface area contributed by atoms with Crippen LogP contribution in [0.25, 0.3) is 33.7 Å². The third-order valence-electron chi connectivity index (χ3n) is 6.22. The quantitative estimate of drug-likeness (QED) is 0.414. The average molecular weight is 443 g/mol. The van der Waals surface area contributed by atoms with Crippen LogP contribution in [0.3, 0.4) is 0 Å². The van der Waals surface area contributed by atoms with Crippen LogP contribution in [-0.4, -0.2) is 39.1 Å². The Hall–Kier alpha value is -3.74. The van der Waals surface area contributed by atoms with E-state index in [1.165, 1.54) is 7.11 Å². The number of hydrogen-bond donors (Lipinski definition) is 1. The second-order valence-electron chi connectivity index (χ2n) is 8.46. The number of esters is 1. The van der Waals surface area contributed by atoms with Crippen molar-refractivity contribution < 1.29 is 14.3 Å². The first-order valence-corrected chi connectivity index (χ1v) is 11.3. The molecule has 1 N–H and O–H groups in total. The number of carbonyl (C=O) groups excluding carboxylic acids is 1. The molecular weight excluding hydrogens is 416 g/mol. The molecule has 3 aromatic heterocycles. The molecular formula is C26H26N4O3. The van der Waals surface area contributed by atoms with E-state index in [0.717, 1.165) is 59.4 Å². The lowest BCUT2D eigenvalue weighted by Crippen LogP contribution is -2.25. The molecule has 1 saturated carbocycles. The van der Waals surface area contributed by atoms with E-state index in [0.29, 0.717) is 18.2 Å². The topological polar surface area (TPSA) is 90.0 Å². The first-order chi connectivity index (χ1) is 16.2. The summed E-state index contributed by atoms with van der Waals surface area (Å²) in [6.45, 7) is 0. The van der Waals surface area contributed by atoms with Crippen LogP contribution in [-0.2, 0) is 9.53 Å². The second kappa shape index (κ2) is 9.40. The standard InChI is InChI=1S/C26H26N4O3/c1-32-25(31)14-17-6-10-20(11-7-17)33-24-13-9-18(15-28-24)21-12-8-19(16-27-21)26-29-22-4-2-3-5-23(22)30-26/h2-5,8-9,12-13,15-17,20H,6-7,10-11,14H2,1H3,(H,29,30)/t17-,20-. The number of pyridine rings is 2. The molecule has 1 aliphatic carbocycles. The Balaban J connectivity index is 1.19. The minimum absolute atomic E-state index is 0.129. The molecule has 0 amide bonds. The van der Waals surface area contributed by atoms with Gasteiger partial charge in [-0.3, -0.25) is 9.78 Å². The normalized spacial score (nSPS) is 18.2. The van der Waals surface area contributed by atoms with Crippen molar-refractivity contribution in [2.24, 2.45) is 5.92 Å². The molecule has 33 heavy (non-hydrogen) atoms. The highest BCUT2D eigenvalue weighted by Crippen LogP contribution is 2.30. The van der Waals surface area contributed by atoms with Crippen LogP contribution < -0.4 is 4.74 Å². The predicted octanol–water partition coefficient (Wildman–Crippen LogP) is 5.19. The largest absolute Gasteiger partial charge is 0.474 e. The maximum Gasteiger partial charge on any atom is 0.305 e. The lowest BCUT2D eigenvalue weighted by Gasteiger charge is -2.28. The molecule has 1 aromatic carbocycles. The number of nitrogens with zero attached hydrogens (tertiary/aromatic N) is 3.